The second-order valence-electron chi connectivity index (χ2n) is 8.84. The fraction of sp³-hybridized carbons (Fsp3) is 0.214. The smallest absolute Gasteiger partial charge is 0.312 e. The van der Waals surface area contributed by atoms with Crippen LogP contribution in [0.1, 0.15) is 37.3 Å². The first kappa shape index (κ1) is 23.3. The zero-order valence-electron chi connectivity index (χ0n) is 19.9. The number of aromatic hydroxyl groups is 2. The van der Waals surface area contributed by atoms with Gasteiger partial charge in [-0.05, 0) is 49.7 Å². The molecule has 1 aromatic heterocycles. The highest BCUT2D eigenvalue weighted by atomic mass is 16.5. The molecule has 1 aliphatic rings. The van der Waals surface area contributed by atoms with Gasteiger partial charge < -0.3 is 28.8 Å². The summed E-state index contributed by atoms with van der Waals surface area (Å²) in [7, 11) is 1.43. The minimum Gasteiger partial charge on any atom is -0.507 e. The van der Waals surface area contributed by atoms with Gasteiger partial charge in [-0.1, -0.05) is 12.1 Å². The van der Waals surface area contributed by atoms with Gasteiger partial charge >= 0.3 is 5.97 Å². The molecule has 0 unspecified atom stereocenters. The maximum absolute atomic E-state index is 13.1. The van der Waals surface area contributed by atoms with E-state index in [1.165, 1.54) is 25.3 Å². The average Bonchev–Trinajstić information content (AvgIpc) is 2.82. The molecule has 8 heteroatoms. The van der Waals surface area contributed by atoms with Crippen LogP contribution in [0.5, 0.6) is 28.7 Å². The lowest BCUT2D eigenvalue weighted by atomic mass is 9.85. The number of carbonyl (C=O) groups is 1. The monoisotopic (exact) mass is 488 g/mol. The van der Waals surface area contributed by atoms with Crippen LogP contribution in [0.4, 0.5) is 0 Å². The summed E-state index contributed by atoms with van der Waals surface area (Å²) in [5.74, 6) is -0.256. The van der Waals surface area contributed by atoms with Crippen molar-refractivity contribution in [1.29, 1.82) is 0 Å². The Morgan fingerprint density at radius 3 is 2.53 bits per heavy atom. The van der Waals surface area contributed by atoms with Crippen LogP contribution in [-0.2, 0) is 4.79 Å². The van der Waals surface area contributed by atoms with E-state index in [-0.39, 0.29) is 52.3 Å². The first-order chi connectivity index (χ1) is 17.2. The summed E-state index contributed by atoms with van der Waals surface area (Å²) < 4.78 is 22.6. The molecule has 2 heterocycles. The highest BCUT2D eigenvalue weighted by Crippen LogP contribution is 2.46. The number of fused-ring (bicyclic) bond motifs is 3. The van der Waals surface area contributed by atoms with Crippen molar-refractivity contribution in [1.82, 2.24) is 0 Å². The molecule has 0 aliphatic carbocycles. The molecule has 36 heavy (non-hydrogen) atoms. The zero-order valence-corrected chi connectivity index (χ0v) is 19.9. The summed E-state index contributed by atoms with van der Waals surface area (Å²) in [6.07, 6.45) is -0.0296. The summed E-state index contributed by atoms with van der Waals surface area (Å²) in [6, 6.07) is 14.5. The van der Waals surface area contributed by atoms with Crippen molar-refractivity contribution in [2.24, 2.45) is 0 Å². The minimum atomic E-state index is -0.511. The third-order valence-electron chi connectivity index (χ3n) is 6.02. The molecule has 3 aromatic carbocycles. The van der Waals surface area contributed by atoms with Crippen LogP contribution in [0.25, 0.3) is 22.3 Å². The number of carbonyl (C=O) groups excluding carboxylic acids is 1. The van der Waals surface area contributed by atoms with E-state index in [0.29, 0.717) is 16.9 Å². The van der Waals surface area contributed by atoms with E-state index in [1.807, 2.05) is 38.1 Å². The summed E-state index contributed by atoms with van der Waals surface area (Å²) in [5, 5.41) is 20.8. The maximum Gasteiger partial charge on any atom is 0.312 e. The van der Waals surface area contributed by atoms with Crippen molar-refractivity contribution in [3.05, 3.63) is 75.9 Å². The van der Waals surface area contributed by atoms with Crippen LogP contribution in [0.2, 0.25) is 0 Å². The summed E-state index contributed by atoms with van der Waals surface area (Å²) in [6.45, 7) is 3.84. The average molecular weight is 488 g/mol. The Morgan fingerprint density at radius 1 is 1.00 bits per heavy atom. The van der Waals surface area contributed by atoms with Crippen LogP contribution >= 0.6 is 0 Å². The number of rotatable bonds is 5. The lowest BCUT2D eigenvalue weighted by Gasteiger charge is -2.26. The van der Waals surface area contributed by atoms with E-state index in [1.54, 1.807) is 12.1 Å². The Kier molecular flexibility index (Phi) is 5.80. The first-order valence-electron chi connectivity index (χ1n) is 11.4. The first-order valence-corrected chi connectivity index (χ1v) is 11.4. The Bertz CT molecular complexity index is 1550. The third kappa shape index (κ3) is 4.11. The van der Waals surface area contributed by atoms with Crippen molar-refractivity contribution >= 4 is 16.9 Å². The molecule has 1 aliphatic heterocycles. The van der Waals surface area contributed by atoms with E-state index in [9.17, 15) is 19.8 Å². The van der Waals surface area contributed by atoms with Gasteiger partial charge in [0.1, 0.15) is 34.0 Å². The molecular weight excluding hydrogens is 464 g/mol. The molecule has 1 atom stereocenters. The minimum absolute atomic E-state index is 0.00920. The van der Waals surface area contributed by atoms with Crippen LogP contribution in [0, 0.1) is 0 Å². The van der Waals surface area contributed by atoms with Gasteiger partial charge in [-0.15, -0.1) is 0 Å². The zero-order chi connectivity index (χ0) is 25.6. The number of esters is 1. The lowest BCUT2D eigenvalue weighted by molar-refractivity contribution is -0.135. The number of benzene rings is 3. The lowest BCUT2D eigenvalue weighted by Crippen LogP contribution is -2.22. The SMILES string of the molecule is COc1ccc(-c2cc(=O)c3c(O)cc4c(c3o2)[C@@H](c2cccc(OC(C)C)c2)CC(=O)O4)cc1O. The third-order valence-corrected chi connectivity index (χ3v) is 6.02. The predicted molar refractivity (Wildman–Crippen MR) is 132 cm³/mol. The Morgan fingerprint density at radius 2 is 1.81 bits per heavy atom. The molecule has 0 radical (unpaired) electrons. The van der Waals surface area contributed by atoms with Crippen molar-refractivity contribution < 1.29 is 33.6 Å². The van der Waals surface area contributed by atoms with Crippen molar-refractivity contribution in [3.8, 4) is 40.1 Å². The fourth-order valence-corrected chi connectivity index (χ4v) is 4.51. The Balaban J connectivity index is 1.75. The number of hydrogen-bond donors (Lipinski definition) is 2. The van der Waals surface area contributed by atoms with E-state index in [2.05, 4.69) is 0 Å². The molecular formula is C28H24O8. The molecule has 2 N–H and O–H groups in total. The normalized spacial score (nSPS) is 15.0. The van der Waals surface area contributed by atoms with Gasteiger partial charge in [0, 0.05) is 29.2 Å². The Hall–Kier alpha value is -4.46. The molecule has 8 nitrogen and oxygen atoms in total. The predicted octanol–water partition coefficient (Wildman–Crippen LogP) is 5.11. The van der Waals surface area contributed by atoms with Gasteiger partial charge in [-0.3, -0.25) is 9.59 Å². The van der Waals surface area contributed by atoms with Crippen molar-refractivity contribution in [2.45, 2.75) is 32.3 Å². The van der Waals surface area contributed by atoms with Crippen molar-refractivity contribution in [2.75, 3.05) is 7.11 Å². The quantitative estimate of drug-likeness (QED) is 0.294. The van der Waals surface area contributed by atoms with Gasteiger partial charge in [0.25, 0.3) is 0 Å². The van der Waals surface area contributed by atoms with Gasteiger partial charge in [0.05, 0.1) is 19.6 Å². The molecule has 0 spiro atoms. The van der Waals surface area contributed by atoms with Gasteiger partial charge in [0.15, 0.2) is 16.9 Å². The fourth-order valence-electron chi connectivity index (χ4n) is 4.51. The summed E-state index contributed by atoms with van der Waals surface area (Å²) in [4.78, 5) is 25.6. The molecule has 184 valence electrons. The molecule has 5 rings (SSSR count). The Labute approximate surface area is 206 Å². The molecule has 0 saturated heterocycles. The van der Waals surface area contributed by atoms with Crippen LogP contribution in [-0.4, -0.2) is 29.4 Å². The van der Waals surface area contributed by atoms with Crippen molar-refractivity contribution in [3.63, 3.8) is 0 Å². The largest absolute Gasteiger partial charge is 0.507 e. The van der Waals surface area contributed by atoms with E-state index >= 15 is 0 Å². The summed E-state index contributed by atoms with van der Waals surface area (Å²) >= 11 is 0. The number of hydrogen-bond acceptors (Lipinski definition) is 8. The van der Waals surface area contributed by atoms with E-state index in [4.69, 9.17) is 18.6 Å². The standard InChI is InChI=1S/C28H24O8/c1-14(2)34-17-6-4-5-15(9-17)18-11-25(32)35-24-13-21(31)27-20(30)12-23(36-28(27)26(18)24)16-7-8-22(33-3)19(29)10-16/h4-10,12-14,18,29,31H,11H2,1-3H3/t18-/m1/s1. The van der Waals surface area contributed by atoms with Gasteiger partial charge in [-0.2, -0.15) is 0 Å². The van der Waals surface area contributed by atoms with E-state index in [0.717, 1.165) is 5.56 Å². The molecule has 0 amide bonds. The second kappa shape index (κ2) is 8.96. The number of methoxy groups -OCH3 is 1. The number of phenolic OH excluding ortho intramolecular Hbond substituents is 2. The molecule has 0 fully saturated rings. The van der Waals surface area contributed by atoms with Crippen LogP contribution < -0.4 is 19.6 Å². The number of ether oxygens (including phenoxy) is 3. The summed E-state index contributed by atoms with van der Waals surface area (Å²) in [5.41, 5.74) is 1.31. The van der Waals surface area contributed by atoms with Crippen LogP contribution in [0.15, 0.2) is 63.8 Å². The number of phenols is 2. The van der Waals surface area contributed by atoms with E-state index < -0.39 is 17.3 Å². The second-order valence-corrected chi connectivity index (χ2v) is 8.84. The highest BCUT2D eigenvalue weighted by Gasteiger charge is 2.34. The molecule has 0 saturated carbocycles. The van der Waals surface area contributed by atoms with Gasteiger partial charge in [0.2, 0.25) is 0 Å². The molecule has 0 bridgehead atoms. The molecule has 4 aromatic rings. The van der Waals surface area contributed by atoms with Crippen LogP contribution in [0.3, 0.4) is 0 Å². The highest BCUT2D eigenvalue weighted by molar-refractivity contribution is 5.93. The maximum atomic E-state index is 13.1. The topological polar surface area (TPSA) is 115 Å². The van der Waals surface area contributed by atoms with Gasteiger partial charge in [-0.25, -0.2) is 0 Å².